The van der Waals surface area contributed by atoms with Crippen molar-refractivity contribution in [1.29, 1.82) is 0 Å². The summed E-state index contributed by atoms with van der Waals surface area (Å²) in [5.41, 5.74) is 9.03. The average molecular weight is 648 g/mol. The lowest BCUT2D eigenvalue weighted by Gasteiger charge is -2.17. The van der Waals surface area contributed by atoms with Crippen molar-refractivity contribution < 1.29 is 36.6 Å². The number of ether oxygens (including phenoxy) is 3. The second-order valence-electron chi connectivity index (χ2n) is 11.1. The van der Waals surface area contributed by atoms with E-state index in [1.165, 1.54) is 0 Å². The van der Waals surface area contributed by atoms with Gasteiger partial charge < -0.3 is 29.4 Å². The fraction of sp³-hybridized carbons (Fsp3) is 0.485. The Kier molecular flexibility index (Phi) is 13.1. The summed E-state index contributed by atoms with van der Waals surface area (Å²) < 4.78 is 71.3. The molecule has 0 radical (unpaired) electrons. The second kappa shape index (κ2) is 17.2. The van der Waals surface area contributed by atoms with Gasteiger partial charge in [-0.3, -0.25) is 4.79 Å². The van der Waals surface area contributed by atoms with Gasteiger partial charge in [-0.2, -0.15) is 8.78 Å². The Labute approximate surface area is 265 Å². The second-order valence-corrected chi connectivity index (χ2v) is 11.1. The lowest BCUT2D eigenvalue weighted by atomic mass is 10.1. The van der Waals surface area contributed by atoms with Gasteiger partial charge in [0.15, 0.2) is 17.5 Å². The number of unbranched alkanes of at least 4 members (excludes halogenated alkanes) is 2. The van der Waals surface area contributed by atoms with Crippen molar-refractivity contribution in [2.24, 2.45) is 0 Å². The van der Waals surface area contributed by atoms with Crippen molar-refractivity contribution in [3.05, 3.63) is 59.4 Å². The predicted molar refractivity (Wildman–Crippen MR) is 168 cm³/mol. The third-order valence-corrected chi connectivity index (χ3v) is 7.55. The number of hydrogen-bond acceptors (Lipinski definition) is 8. The molecule has 4 rings (SSSR count). The van der Waals surface area contributed by atoms with Crippen LogP contribution in [-0.2, 0) is 27.2 Å². The van der Waals surface area contributed by atoms with Gasteiger partial charge in [0.2, 0.25) is 17.4 Å². The van der Waals surface area contributed by atoms with Crippen molar-refractivity contribution in [1.82, 2.24) is 19.4 Å². The molecule has 0 aliphatic rings. The molecular formula is C33H41F4N5O4. The van der Waals surface area contributed by atoms with E-state index in [0.29, 0.717) is 19.0 Å². The summed E-state index contributed by atoms with van der Waals surface area (Å²) in [4.78, 5) is 23.5. The van der Waals surface area contributed by atoms with Crippen molar-refractivity contribution in [2.75, 3.05) is 52.3 Å². The number of nitrogens with two attached hydrogens (primary N) is 1. The average Bonchev–Trinajstić information content (AvgIpc) is 3.41. The molecule has 2 aromatic carbocycles. The van der Waals surface area contributed by atoms with Crippen LogP contribution in [0.3, 0.4) is 0 Å². The Bertz CT molecular complexity index is 1590. The third kappa shape index (κ3) is 9.14. The van der Waals surface area contributed by atoms with Gasteiger partial charge in [0.05, 0.1) is 37.3 Å². The molecule has 250 valence electrons. The highest BCUT2D eigenvalue weighted by atomic mass is 19.2. The first-order valence-corrected chi connectivity index (χ1v) is 15.6. The van der Waals surface area contributed by atoms with Crippen LogP contribution >= 0.6 is 0 Å². The van der Waals surface area contributed by atoms with Crippen LogP contribution in [0.25, 0.3) is 21.9 Å². The fourth-order valence-electron chi connectivity index (χ4n) is 5.15. The standard InChI is InChI=1S/C33H41F4N5O4/c1-3-4-12-26-40-30-31(22-10-5-6-11-25(22)39-33(30)38)42(26)16-8-7-14-41(2)15-9-17-44-19-20-45-18-13-27(43)46-32-28(36)23(34)21-24(35)29(32)37/h5-6,10-11,21H,3-4,7-9,12-20H2,1-2H3,(H2,38,39). The van der Waals surface area contributed by atoms with E-state index in [2.05, 4.69) is 39.2 Å². The van der Waals surface area contributed by atoms with Gasteiger partial charge in [-0.15, -0.1) is 0 Å². The first-order valence-electron chi connectivity index (χ1n) is 15.6. The minimum atomic E-state index is -1.77. The molecule has 0 unspecified atom stereocenters. The Balaban J connectivity index is 1.10. The number of anilines is 1. The number of fused-ring (bicyclic) bond motifs is 3. The Morgan fingerprint density at radius 3 is 2.35 bits per heavy atom. The Morgan fingerprint density at radius 1 is 0.913 bits per heavy atom. The topological polar surface area (TPSA) is 105 Å². The molecule has 0 atom stereocenters. The van der Waals surface area contributed by atoms with Gasteiger partial charge in [-0.25, -0.2) is 18.7 Å². The number of aromatic nitrogens is 3. The summed E-state index contributed by atoms with van der Waals surface area (Å²) >= 11 is 0. The molecule has 4 aromatic rings. The number of imidazole rings is 1. The van der Waals surface area contributed by atoms with E-state index >= 15 is 0 Å². The molecule has 13 heteroatoms. The number of halogens is 4. The zero-order valence-corrected chi connectivity index (χ0v) is 26.3. The number of para-hydroxylation sites is 1. The van der Waals surface area contributed by atoms with Crippen molar-refractivity contribution in [2.45, 2.75) is 58.4 Å². The predicted octanol–water partition coefficient (Wildman–Crippen LogP) is 6.20. The van der Waals surface area contributed by atoms with E-state index in [1.54, 1.807) is 0 Å². The van der Waals surface area contributed by atoms with Gasteiger partial charge in [-0.05, 0) is 45.3 Å². The molecule has 0 saturated heterocycles. The molecule has 2 N–H and O–H groups in total. The van der Waals surface area contributed by atoms with E-state index in [4.69, 9.17) is 20.2 Å². The van der Waals surface area contributed by atoms with Crippen molar-refractivity contribution >= 4 is 33.7 Å². The smallest absolute Gasteiger partial charge is 0.313 e. The molecule has 0 saturated carbocycles. The third-order valence-electron chi connectivity index (χ3n) is 7.55. The fourth-order valence-corrected chi connectivity index (χ4v) is 5.15. The molecule has 2 heterocycles. The maximum atomic E-state index is 13.6. The maximum absolute atomic E-state index is 13.6. The molecular weight excluding hydrogens is 606 g/mol. The monoisotopic (exact) mass is 647 g/mol. The number of nitrogens with zero attached hydrogens (tertiary/aromatic N) is 4. The van der Waals surface area contributed by atoms with Gasteiger partial charge >= 0.3 is 5.97 Å². The molecule has 2 aromatic heterocycles. The Morgan fingerprint density at radius 2 is 1.61 bits per heavy atom. The highest BCUT2D eigenvalue weighted by Crippen LogP contribution is 2.30. The summed E-state index contributed by atoms with van der Waals surface area (Å²) in [5.74, 6) is -7.83. The summed E-state index contributed by atoms with van der Waals surface area (Å²) in [6, 6.07) is 8.09. The van der Waals surface area contributed by atoms with E-state index in [1.807, 2.05) is 18.2 Å². The first kappa shape index (κ1) is 35.1. The van der Waals surface area contributed by atoms with E-state index < -0.39 is 35.0 Å². The number of esters is 1. The maximum Gasteiger partial charge on any atom is 0.313 e. The molecule has 0 aliphatic carbocycles. The number of carbonyl (C=O) groups excluding carboxylic acids is 1. The largest absolute Gasteiger partial charge is 0.420 e. The number of rotatable bonds is 19. The minimum absolute atomic E-state index is 0.0370. The lowest BCUT2D eigenvalue weighted by Crippen LogP contribution is -2.22. The van der Waals surface area contributed by atoms with Crippen LogP contribution in [0, 0.1) is 23.3 Å². The number of nitrogen functional groups attached to an aromatic ring is 1. The molecule has 46 heavy (non-hydrogen) atoms. The normalized spacial score (nSPS) is 11.7. The van der Waals surface area contributed by atoms with E-state index in [-0.39, 0.29) is 25.7 Å². The van der Waals surface area contributed by atoms with Crippen molar-refractivity contribution in [3.8, 4) is 5.75 Å². The number of hydrogen-bond donors (Lipinski definition) is 1. The van der Waals surface area contributed by atoms with Crippen molar-refractivity contribution in [3.63, 3.8) is 0 Å². The zero-order chi connectivity index (χ0) is 33.1. The molecule has 0 fully saturated rings. The van der Waals surface area contributed by atoms with Crippen LogP contribution in [0.2, 0.25) is 0 Å². The van der Waals surface area contributed by atoms with E-state index in [0.717, 1.165) is 85.9 Å². The molecule has 0 aliphatic heterocycles. The first-order chi connectivity index (χ1) is 22.2. The van der Waals surface area contributed by atoms with Gasteiger partial charge in [0.1, 0.15) is 11.3 Å². The lowest BCUT2D eigenvalue weighted by molar-refractivity contribution is -0.136. The van der Waals surface area contributed by atoms with Crippen LogP contribution in [0.5, 0.6) is 5.75 Å². The zero-order valence-electron chi connectivity index (χ0n) is 26.3. The number of pyridine rings is 1. The summed E-state index contributed by atoms with van der Waals surface area (Å²) in [6.45, 7) is 5.75. The highest BCUT2D eigenvalue weighted by Gasteiger charge is 2.23. The minimum Gasteiger partial charge on any atom is -0.420 e. The number of aryl methyl sites for hydroxylation is 2. The van der Waals surface area contributed by atoms with Gasteiger partial charge in [0.25, 0.3) is 0 Å². The van der Waals surface area contributed by atoms with Gasteiger partial charge in [0, 0.05) is 37.6 Å². The summed E-state index contributed by atoms with van der Waals surface area (Å²) in [5, 5.41) is 1.07. The van der Waals surface area contributed by atoms with Crippen LogP contribution < -0.4 is 10.5 Å². The SMILES string of the molecule is CCCCc1nc2c(N)nc3ccccc3c2n1CCCCN(C)CCCOCCOCCC(=O)Oc1c(F)c(F)cc(F)c1F. The highest BCUT2D eigenvalue weighted by molar-refractivity contribution is 6.06. The van der Waals surface area contributed by atoms with Gasteiger partial charge in [-0.1, -0.05) is 31.5 Å². The number of carbonyl (C=O) groups is 1. The van der Waals surface area contributed by atoms with Crippen LogP contribution in [0.1, 0.15) is 51.3 Å². The quantitative estimate of drug-likeness (QED) is 0.0422. The molecule has 0 bridgehead atoms. The Hall–Kier alpha value is -3.81. The molecule has 0 amide bonds. The van der Waals surface area contributed by atoms with Crippen LogP contribution in [0.15, 0.2) is 30.3 Å². The summed E-state index contributed by atoms with van der Waals surface area (Å²) in [6.07, 6.45) is 5.54. The molecule has 0 spiro atoms. The molecule has 9 nitrogen and oxygen atoms in total. The van der Waals surface area contributed by atoms with Crippen LogP contribution in [-0.4, -0.2) is 72.0 Å². The summed E-state index contributed by atoms with van der Waals surface area (Å²) in [7, 11) is 2.08. The van der Waals surface area contributed by atoms with E-state index in [9.17, 15) is 22.4 Å². The van der Waals surface area contributed by atoms with Crippen LogP contribution in [0.4, 0.5) is 23.4 Å². The number of benzene rings is 2.